The SMILES string of the molecule is CN(C)C(=O)CSc1ccccc1C(=O)NCc1cc([N+](=O)[O-])ccc1[O-]. The number of rotatable bonds is 7. The molecule has 0 unspecified atom stereocenters. The smallest absolute Gasteiger partial charge is 0.269 e. The van der Waals surface area contributed by atoms with Gasteiger partial charge in [0.15, 0.2) is 0 Å². The van der Waals surface area contributed by atoms with Crippen LogP contribution in [0, 0.1) is 10.1 Å². The lowest BCUT2D eigenvalue weighted by molar-refractivity contribution is -0.385. The molecule has 0 aliphatic carbocycles. The predicted octanol–water partition coefficient (Wildman–Crippen LogP) is 1.78. The lowest BCUT2D eigenvalue weighted by Gasteiger charge is -2.15. The van der Waals surface area contributed by atoms with Crippen LogP contribution in [0.25, 0.3) is 0 Å². The van der Waals surface area contributed by atoms with Crippen LogP contribution in [-0.2, 0) is 11.3 Å². The summed E-state index contributed by atoms with van der Waals surface area (Å²) >= 11 is 1.24. The van der Waals surface area contributed by atoms with Gasteiger partial charge in [0.1, 0.15) is 0 Å². The monoisotopic (exact) mass is 388 g/mol. The molecule has 0 aliphatic heterocycles. The fourth-order valence-corrected chi connectivity index (χ4v) is 3.17. The van der Waals surface area contributed by atoms with Crippen LogP contribution in [0.1, 0.15) is 15.9 Å². The third-order valence-corrected chi connectivity index (χ3v) is 4.73. The molecule has 2 rings (SSSR count). The van der Waals surface area contributed by atoms with Gasteiger partial charge in [-0.1, -0.05) is 18.2 Å². The summed E-state index contributed by atoms with van der Waals surface area (Å²) in [5.74, 6) is -0.711. The Kier molecular flexibility index (Phi) is 6.78. The first kappa shape index (κ1) is 20.2. The number of hydrogen-bond acceptors (Lipinski definition) is 6. The zero-order valence-corrected chi connectivity index (χ0v) is 15.6. The van der Waals surface area contributed by atoms with Gasteiger partial charge < -0.3 is 15.3 Å². The second-order valence-electron chi connectivity index (χ2n) is 5.80. The molecule has 2 amide bonds. The molecule has 0 fully saturated rings. The summed E-state index contributed by atoms with van der Waals surface area (Å²) in [6.07, 6.45) is 0. The summed E-state index contributed by atoms with van der Waals surface area (Å²) in [4.78, 5) is 36.6. The molecule has 2 aromatic carbocycles. The molecule has 9 heteroatoms. The number of nitrogens with one attached hydrogen (secondary N) is 1. The molecule has 27 heavy (non-hydrogen) atoms. The Bertz CT molecular complexity index is 870. The minimum Gasteiger partial charge on any atom is -0.872 e. The van der Waals surface area contributed by atoms with Crippen LogP contribution >= 0.6 is 11.8 Å². The summed E-state index contributed by atoms with van der Waals surface area (Å²) in [6, 6.07) is 10.2. The molecule has 0 aromatic heterocycles. The number of nitrogens with zero attached hydrogens (tertiary/aromatic N) is 2. The molecular formula is C18H18N3O5S-. The highest BCUT2D eigenvalue weighted by atomic mass is 32.2. The van der Waals surface area contributed by atoms with E-state index in [2.05, 4.69) is 5.32 Å². The third kappa shape index (κ3) is 5.45. The molecule has 2 aromatic rings. The zero-order valence-electron chi connectivity index (χ0n) is 14.8. The van der Waals surface area contributed by atoms with Crippen LogP contribution in [0.3, 0.4) is 0 Å². The Morgan fingerprint density at radius 1 is 1.19 bits per heavy atom. The molecule has 0 aliphatic rings. The predicted molar refractivity (Wildman–Crippen MR) is 99.6 cm³/mol. The largest absolute Gasteiger partial charge is 0.872 e. The molecule has 0 atom stereocenters. The van der Waals surface area contributed by atoms with E-state index in [0.717, 1.165) is 18.2 Å². The van der Waals surface area contributed by atoms with Crippen molar-refractivity contribution in [3.05, 3.63) is 63.7 Å². The fraction of sp³-hybridized carbons (Fsp3) is 0.222. The van der Waals surface area contributed by atoms with E-state index in [0.29, 0.717) is 10.5 Å². The number of nitro benzene ring substituents is 1. The van der Waals surface area contributed by atoms with Crippen molar-refractivity contribution in [1.29, 1.82) is 0 Å². The average Bonchev–Trinajstić information content (AvgIpc) is 2.65. The van der Waals surface area contributed by atoms with Gasteiger partial charge in [-0.25, -0.2) is 0 Å². The van der Waals surface area contributed by atoms with Gasteiger partial charge in [0.25, 0.3) is 11.6 Å². The molecule has 8 nitrogen and oxygen atoms in total. The van der Waals surface area contributed by atoms with Gasteiger partial charge >= 0.3 is 0 Å². The van der Waals surface area contributed by atoms with Gasteiger partial charge in [0, 0.05) is 37.7 Å². The summed E-state index contributed by atoms with van der Waals surface area (Å²) in [7, 11) is 3.31. The minimum atomic E-state index is -0.599. The Hall–Kier alpha value is -3.07. The van der Waals surface area contributed by atoms with E-state index < -0.39 is 10.8 Å². The van der Waals surface area contributed by atoms with Gasteiger partial charge in [-0.3, -0.25) is 19.7 Å². The van der Waals surface area contributed by atoms with E-state index in [1.54, 1.807) is 38.4 Å². The van der Waals surface area contributed by atoms with Crippen LogP contribution in [-0.4, -0.2) is 41.5 Å². The molecule has 0 saturated carbocycles. The average molecular weight is 388 g/mol. The standard InChI is InChI=1S/C18H19N3O5S/c1-20(2)17(23)11-27-16-6-4-3-5-14(16)18(24)19-10-12-9-13(21(25)26)7-8-15(12)22/h3-9,22H,10-11H2,1-2H3,(H,19,24)/p-1. The van der Waals surface area contributed by atoms with Crippen LogP contribution < -0.4 is 10.4 Å². The quantitative estimate of drug-likeness (QED) is 0.439. The van der Waals surface area contributed by atoms with Gasteiger partial charge in [0.2, 0.25) is 5.91 Å². The molecule has 142 valence electrons. The summed E-state index contributed by atoms with van der Waals surface area (Å²) in [5.41, 5.74) is 0.286. The van der Waals surface area contributed by atoms with Crippen molar-refractivity contribution in [2.45, 2.75) is 11.4 Å². The van der Waals surface area contributed by atoms with Crippen molar-refractivity contribution < 1.29 is 19.6 Å². The summed E-state index contributed by atoms with van der Waals surface area (Å²) in [5, 5.41) is 25.3. The van der Waals surface area contributed by atoms with Crippen LogP contribution in [0.2, 0.25) is 0 Å². The normalized spacial score (nSPS) is 10.3. The van der Waals surface area contributed by atoms with Crippen LogP contribution in [0.15, 0.2) is 47.4 Å². The van der Waals surface area contributed by atoms with E-state index in [1.807, 2.05) is 0 Å². The van der Waals surface area contributed by atoms with E-state index in [4.69, 9.17) is 0 Å². The highest BCUT2D eigenvalue weighted by Crippen LogP contribution is 2.24. The Labute approximate surface area is 160 Å². The number of non-ortho nitro benzene ring substituents is 1. The fourth-order valence-electron chi connectivity index (χ4n) is 2.14. The molecule has 0 spiro atoms. The minimum absolute atomic E-state index is 0.0807. The number of carbonyl (C=O) groups excluding carboxylic acids is 2. The number of thioether (sulfide) groups is 1. The lowest BCUT2D eigenvalue weighted by Crippen LogP contribution is -2.25. The summed E-state index contributed by atoms with van der Waals surface area (Å²) in [6.45, 7) is -0.130. The number of amides is 2. The van der Waals surface area contributed by atoms with E-state index in [9.17, 15) is 24.8 Å². The second-order valence-corrected chi connectivity index (χ2v) is 6.82. The van der Waals surface area contributed by atoms with Crippen LogP contribution in [0.4, 0.5) is 5.69 Å². The van der Waals surface area contributed by atoms with Gasteiger partial charge in [-0.05, 0) is 17.7 Å². The van der Waals surface area contributed by atoms with Crippen LogP contribution in [0.5, 0.6) is 5.75 Å². The molecule has 0 bridgehead atoms. The van der Waals surface area contributed by atoms with Crippen molar-refractivity contribution in [3.63, 3.8) is 0 Å². The summed E-state index contributed by atoms with van der Waals surface area (Å²) < 4.78 is 0. The van der Waals surface area contributed by atoms with E-state index >= 15 is 0 Å². The van der Waals surface area contributed by atoms with Crippen molar-refractivity contribution in [1.82, 2.24) is 10.2 Å². The van der Waals surface area contributed by atoms with E-state index in [-0.39, 0.29) is 35.2 Å². The third-order valence-electron chi connectivity index (χ3n) is 3.68. The maximum Gasteiger partial charge on any atom is 0.269 e. The maximum absolute atomic E-state index is 12.5. The number of nitro groups is 1. The molecular weight excluding hydrogens is 370 g/mol. The first-order chi connectivity index (χ1) is 12.8. The van der Waals surface area contributed by atoms with E-state index in [1.165, 1.54) is 16.7 Å². The highest BCUT2D eigenvalue weighted by molar-refractivity contribution is 8.00. The highest BCUT2D eigenvalue weighted by Gasteiger charge is 2.14. The Morgan fingerprint density at radius 2 is 1.89 bits per heavy atom. The van der Waals surface area contributed by atoms with Crippen molar-refractivity contribution in [3.8, 4) is 5.75 Å². The Morgan fingerprint density at radius 3 is 2.56 bits per heavy atom. The van der Waals surface area contributed by atoms with Crippen molar-refractivity contribution >= 4 is 29.3 Å². The number of benzene rings is 2. The van der Waals surface area contributed by atoms with Gasteiger partial charge in [-0.15, -0.1) is 17.5 Å². The first-order valence-electron chi connectivity index (χ1n) is 7.94. The second kappa shape index (κ2) is 9.04. The zero-order chi connectivity index (χ0) is 20.0. The lowest BCUT2D eigenvalue weighted by atomic mass is 10.1. The number of carbonyl (C=O) groups is 2. The Balaban J connectivity index is 2.10. The molecule has 0 radical (unpaired) electrons. The van der Waals surface area contributed by atoms with Crippen molar-refractivity contribution in [2.75, 3.05) is 19.8 Å². The van der Waals surface area contributed by atoms with Gasteiger partial charge in [-0.2, -0.15) is 0 Å². The number of hydrogen-bond donors (Lipinski definition) is 1. The topological polar surface area (TPSA) is 116 Å². The maximum atomic E-state index is 12.5. The first-order valence-corrected chi connectivity index (χ1v) is 8.92. The molecule has 0 saturated heterocycles. The molecule has 1 N–H and O–H groups in total. The van der Waals surface area contributed by atoms with Crippen molar-refractivity contribution in [2.24, 2.45) is 0 Å². The van der Waals surface area contributed by atoms with Gasteiger partial charge in [0.05, 0.1) is 16.2 Å². The molecule has 0 heterocycles.